The van der Waals surface area contributed by atoms with Gasteiger partial charge in [0.1, 0.15) is 0 Å². The number of halogens is 1. The standard InChI is InChI=1S/C13H18ClN/c1-4-5-6-11(3)15-13-8-7-12(14)9-10(13)2/h7-9H,4-6H2,1-3H3. The summed E-state index contributed by atoms with van der Waals surface area (Å²) in [6, 6.07) is 5.82. The van der Waals surface area contributed by atoms with Crippen LogP contribution in [0.4, 0.5) is 5.69 Å². The van der Waals surface area contributed by atoms with E-state index in [-0.39, 0.29) is 0 Å². The second-order valence-electron chi connectivity index (χ2n) is 3.88. The second kappa shape index (κ2) is 5.92. The second-order valence-corrected chi connectivity index (χ2v) is 4.32. The highest BCUT2D eigenvalue weighted by atomic mass is 35.5. The fraction of sp³-hybridized carbons (Fsp3) is 0.462. The van der Waals surface area contributed by atoms with Gasteiger partial charge in [-0.1, -0.05) is 24.9 Å². The summed E-state index contributed by atoms with van der Waals surface area (Å²) in [4.78, 5) is 4.60. The van der Waals surface area contributed by atoms with Crippen molar-refractivity contribution in [1.29, 1.82) is 0 Å². The lowest BCUT2D eigenvalue weighted by Crippen LogP contribution is -1.90. The van der Waals surface area contributed by atoms with Crippen molar-refractivity contribution >= 4 is 23.0 Å². The van der Waals surface area contributed by atoms with E-state index in [0.29, 0.717) is 0 Å². The van der Waals surface area contributed by atoms with E-state index in [2.05, 4.69) is 18.8 Å². The maximum absolute atomic E-state index is 5.89. The number of unbranched alkanes of at least 4 members (excludes halogenated alkanes) is 1. The summed E-state index contributed by atoms with van der Waals surface area (Å²) in [7, 11) is 0. The van der Waals surface area contributed by atoms with Gasteiger partial charge in [-0.05, 0) is 50.5 Å². The number of hydrogen-bond acceptors (Lipinski definition) is 1. The van der Waals surface area contributed by atoms with Crippen molar-refractivity contribution in [2.45, 2.75) is 40.0 Å². The molecule has 0 fully saturated rings. The topological polar surface area (TPSA) is 12.4 Å². The average Bonchev–Trinajstić information content (AvgIpc) is 2.19. The van der Waals surface area contributed by atoms with Crippen LogP contribution < -0.4 is 0 Å². The third kappa shape index (κ3) is 4.05. The molecule has 0 atom stereocenters. The quantitative estimate of drug-likeness (QED) is 0.642. The van der Waals surface area contributed by atoms with Crippen LogP contribution in [0.15, 0.2) is 23.2 Å². The van der Waals surface area contributed by atoms with Crippen molar-refractivity contribution in [3.8, 4) is 0 Å². The molecule has 0 unspecified atom stereocenters. The minimum atomic E-state index is 0.776. The van der Waals surface area contributed by atoms with Crippen LogP contribution in [0.1, 0.15) is 38.7 Å². The molecule has 1 aromatic carbocycles. The van der Waals surface area contributed by atoms with E-state index in [9.17, 15) is 0 Å². The summed E-state index contributed by atoms with van der Waals surface area (Å²) in [6.45, 7) is 6.32. The molecule has 0 saturated carbocycles. The lowest BCUT2D eigenvalue weighted by molar-refractivity contribution is 0.833. The van der Waals surface area contributed by atoms with Crippen LogP contribution in [-0.4, -0.2) is 5.71 Å². The SMILES string of the molecule is CCCCC(C)=Nc1ccc(Cl)cc1C. The molecule has 82 valence electrons. The largest absolute Gasteiger partial charge is 0.258 e. The van der Waals surface area contributed by atoms with Crippen LogP contribution in [-0.2, 0) is 0 Å². The third-order valence-electron chi connectivity index (χ3n) is 2.36. The number of rotatable bonds is 4. The lowest BCUT2D eigenvalue weighted by Gasteiger charge is -2.03. The highest BCUT2D eigenvalue weighted by Crippen LogP contribution is 2.22. The van der Waals surface area contributed by atoms with Gasteiger partial charge < -0.3 is 0 Å². The predicted octanol–water partition coefficient (Wildman–Crippen LogP) is 4.93. The molecule has 0 aliphatic heterocycles. The molecule has 1 rings (SSSR count). The minimum Gasteiger partial charge on any atom is -0.258 e. The monoisotopic (exact) mass is 223 g/mol. The summed E-state index contributed by atoms with van der Waals surface area (Å²) < 4.78 is 0. The zero-order chi connectivity index (χ0) is 11.3. The van der Waals surface area contributed by atoms with E-state index >= 15 is 0 Å². The first kappa shape index (κ1) is 12.3. The van der Waals surface area contributed by atoms with Crippen molar-refractivity contribution in [3.63, 3.8) is 0 Å². The first-order valence-electron chi connectivity index (χ1n) is 5.43. The molecule has 1 nitrogen and oxygen atoms in total. The summed E-state index contributed by atoms with van der Waals surface area (Å²) in [5.41, 5.74) is 3.37. The van der Waals surface area contributed by atoms with Gasteiger partial charge in [-0.15, -0.1) is 0 Å². The molecule has 0 heterocycles. The van der Waals surface area contributed by atoms with E-state index in [1.54, 1.807) is 0 Å². The summed E-state index contributed by atoms with van der Waals surface area (Å²) >= 11 is 5.89. The van der Waals surface area contributed by atoms with Crippen molar-refractivity contribution < 1.29 is 0 Å². The van der Waals surface area contributed by atoms with Crippen LogP contribution in [0.2, 0.25) is 5.02 Å². The van der Waals surface area contributed by atoms with Gasteiger partial charge in [-0.25, -0.2) is 0 Å². The number of hydrogen-bond donors (Lipinski definition) is 0. The molecule has 0 spiro atoms. The molecular weight excluding hydrogens is 206 g/mol. The Morgan fingerprint density at radius 1 is 1.40 bits per heavy atom. The van der Waals surface area contributed by atoms with E-state index < -0.39 is 0 Å². The van der Waals surface area contributed by atoms with Crippen LogP contribution in [0.3, 0.4) is 0 Å². The van der Waals surface area contributed by atoms with Gasteiger partial charge in [-0.2, -0.15) is 0 Å². The zero-order valence-corrected chi connectivity index (χ0v) is 10.4. The first-order chi connectivity index (χ1) is 7.13. The summed E-state index contributed by atoms with van der Waals surface area (Å²) in [5, 5.41) is 0.776. The molecule has 0 aromatic heterocycles. The Morgan fingerprint density at radius 3 is 2.73 bits per heavy atom. The zero-order valence-electron chi connectivity index (χ0n) is 9.68. The predicted molar refractivity (Wildman–Crippen MR) is 68.5 cm³/mol. The Morgan fingerprint density at radius 2 is 2.13 bits per heavy atom. The molecule has 0 bridgehead atoms. The van der Waals surface area contributed by atoms with Crippen molar-refractivity contribution in [2.24, 2.45) is 4.99 Å². The number of nitrogens with zero attached hydrogens (tertiary/aromatic N) is 1. The summed E-state index contributed by atoms with van der Waals surface area (Å²) in [5.74, 6) is 0. The van der Waals surface area contributed by atoms with Gasteiger partial charge in [-0.3, -0.25) is 4.99 Å². The van der Waals surface area contributed by atoms with Crippen molar-refractivity contribution in [2.75, 3.05) is 0 Å². The van der Waals surface area contributed by atoms with E-state index in [4.69, 9.17) is 11.6 Å². The number of aliphatic imine (C=N–C) groups is 1. The number of benzene rings is 1. The van der Waals surface area contributed by atoms with E-state index in [1.165, 1.54) is 18.6 Å². The molecule has 0 radical (unpaired) electrons. The Balaban J connectivity index is 2.78. The Bertz CT molecular complexity index is 356. The van der Waals surface area contributed by atoms with Crippen molar-refractivity contribution in [3.05, 3.63) is 28.8 Å². The third-order valence-corrected chi connectivity index (χ3v) is 2.60. The Kier molecular flexibility index (Phi) is 4.83. The van der Waals surface area contributed by atoms with Gasteiger partial charge in [0.05, 0.1) is 5.69 Å². The average molecular weight is 224 g/mol. The van der Waals surface area contributed by atoms with Gasteiger partial charge in [0.15, 0.2) is 0 Å². The molecule has 0 aliphatic carbocycles. The highest BCUT2D eigenvalue weighted by Gasteiger charge is 1.98. The van der Waals surface area contributed by atoms with Crippen LogP contribution in [0.5, 0.6) is 0 Å². The highest BCUT2D eigenvalue weighted by molar-refractivity contribution is 6.30. The molecule has 0 aliphatic rings. The van der Waals surface area contributed by atoms with Crippen LogP contribution in [0.25, 0.3) is 0 Å². The first-order valence-corrected chi connectivity index (χ1v) is 5.81. The Labute approximate surface area is 97.2 Å². The van der Waals surface area contributed by atoms with Crippen LogP contribution in [0, 0.1) is 6.92 Å². The molecular formula is C13H18ClN. The van der Waals surface area contributed by atoms with Gasteiger partial charge in [0.25, 0.3) is 0 Å². The fourth-order valence-electron chi connectivity index (χ4n) is 1.44. The maximum Gasteiger partial charge on any atom is 0.0659 e. The molecule has 0 saturated heterocycles. The van der Waals surface area contributed by atoms with Gasteiger partial charge in [0.2, 0.25) is 0 Å². The van der Waals surface area contributed by atoms with Crippen molar-refractivity contribution in [1.82, 2.24) is 0 Å². The van der Waals surface area contributed by atoms with E-state index in [0.717, 1.165) is 22.7 Å². The van der Waals surface area contributed by atoms with Gasteiger partial charge in [0, 0.05) is 10.7 Å². The fourth-order valence-corrected chi connectivity index (χ4v) is 1.67. The minimum absolute atomic E-state index is 0.776. The van der Waals surface area contributed by atoms with Gasteiger partial charge >= 0.3 is 0 Å². The smallest absolute Gasteiger partial charge is 0.0659 e. The number of aryl methyl sites for hydroxylation is 1. The van der Waals surface area contributed by atoms with E-state index in [1.807, 2.05) is 25.1 Å². The lowest BCUT2D eigenvalue weighted by atomic mass is 10.1. The maximum atomic E-state index is 5.89. The molecule has 0 amide bonds. The normalized spacial score (nSPS) is 11.9. The Hall–Kier alpha value is -0.820. The molecule has 2 heteroatoms. The summed E-state index contributed by atoms with van der Waals surface area (Å²) in [6.07, 6.45) is 3.51. The van der Waals surface area contributed by atoms with Crippen LogP contribution >= 0.6 is 11.6 Å². The molecule has 0 N–H and O–H groups in total. The molecule has 1 aromatic rings. The molecule has 15 heavy (non-hydrogen) atoms.